The summed E-state index contributed by atoms with van der Waals surface area (Å²) >= 11 is 1.84. The van der Waals surface area contributed by atoms with E-state index in [-0.39, 0.29) is 17.6 Å². The molecule has 0 aliphatic carbocycles. The Hall–Kier alpha value is -1.66. The molecule has 1 fully saturated rings. The van der Waals surface area contributed by atoms with Gasteiger partial charge in [0.25, 0.3) is 0 Å². The molecule has 0 radical (unpaired) electrons. The Morgan fingerprint density at radius 2 is 2.08 bits per heavy atom. The number of hydrogen-bond donors (Lipinski definition) is 0. The zero-order valence-corrected chi connectivity index (χ0v) is 16.6. The number of rotatable bonds is 3. The lowest BCUT2D eigenvalue weighted by Crippen LogP contribution is -2.49. The maximum atomic E-state index is 13.1. The van der Waals surface area contributed by atoms with Gasteiger partial charge in [0, 0.05) is 42.7 Å². The molecule has 0 N–H and O–H groups in total. The summed E-state index contributed by atoms with van der Waals surface area (Å²) in [5.74, 6) is 1.46. The minimum absolute atomic E-state index is 0.175. The van der Waals surface area contributed by atoms with Crippen molar-refractivity contribution in [2.45, 2.75) is 57.6 Å². The maximum Gasteiger partial charge on any atom is 0.245 e. The molecule has 2 aliphatic heterocycles. The van der Waals surface area contributed by atoms with Gasteiger partial charge in [0.05, 0.1) is 12.2 Å². The molecule has 1 spiro atoms. The lowest BCUT2D eigenvalue weighted by molar-refractivity contribution is -0.143. The number of hydrogen-bond acceptors (Lipinski definition) is 4. The highest BCUT2D eigenvalue weighted by molar-refractivity contribution is 7.10. The van der Waals surface area contributed by atoms with Gasteiger partial charge < -0.3 is 14.2 Å². The summed E-state index contributed by atoms with van der Waals surface area (Å²) in [6.07, 6.45) is 6.50. The number of imidazole rings is 1. The molecule has 26 heavy (non-hydrogen) atoms. The quantitative estimate of drug-likeness (QED) is 0.824. The lowest BCUT2D eigenvalue weighted by atomic mass is 9.82. The van der Waals surface area contributed by atoms with Gasteiger partial charge >= 0.3 is 0 Å². The van der Waals surface area contributed by atoms with Crippen molar-refractivity contribution in [2.24, 2.45) is 0 Å². The average molecular weight is 374 g/mol. The van der Waals surface area contributed by atoms with Gasteiger partial charge in [-0.25, -0.2) is 4.98 Å². The first-order valence-corrected chi connectivity index (χ1v) is 10.4. The largest absolute Gasteiger partial charge is 0.370 e. The molecule has 2 aromatic heterocycles. The molecule has 1 unspecified atom stereocenters. The molecule has 0 saturated carbocycles. The molecule has 0 bridgehead atoms. The number of carbonyl (C=O) groups is 1. The fourth-order valence-corrected chi connectivity index (χ4v) is 5.29. The van der Waals surface area contributed by atoms with Gasteiger partial charge in [-0.1, -0.05) is 13.8 Å². The number of amides is 1. The van der Waals surface area contributed by atoms with E-state index in [9.17, 15) is 4.79 Å². The zero-order valence-electron chi connectivity index (χ0n) is 15.8. The summed E-state index contributed by atoms with van der Waals surface area (Å²) in [6.45, 7) is 8.51. The Bertz CT molecular complexity index is 787. The van der Waals surface area contributed by atoms with Crippen LogP contribution in [0.15, 0.2) is 23.8 Å². The highest BCUT2D eigenvalue weighted by Gasteiger charge is 2.42. The Labute approximate surface area is 159 Å². The van der Waals surface area contributed by atoms with Crippen LogP contribution in [-0.2, 0) is 21.6 Å². The summed E-state index contributed by atoms with van der Waals surface area (Å²) in [7, 11) is 0. The van der Waals surface area contributed by atoms with Crippen molar-refractivity contribution in [1.29, 1.82) is 0 Å². The van der Waals surface area contributed by atoms with Crippen molar-refractivity contribution >= 4 is 17.2 Å². The van der Waals surface area contributed by atoms with Crippen LogP contribution >= 0.6 is 11.3 Å². The topological polar surface area (TPSA) is 47.4 Å². The van der Waals surface area contributed by atoms with Crippen LogP contribution in [0.1, 0.15) is 61.8 Å². The molecule has 1 saturated heterocycles. The molecule has 4 rings (SSSR count). The molecule has 5 nitrogen and oxygen atoms in total. The van der Waals surface area contributed by atoms with Crippen LogP contribution < -0.4 is 0 Å². The van der Waals surface area contributed by atoms with E-state index in [0.717, 1.165) is 44.8 Å². The maximum absolute atomic E-state index is 13.1. The number of thiophene rings is 1. The number of likely N-dealkylation sites (tertiary alicyclic amines) is 1. The number of piperidine rings is 1. The van der Waals surface area contributed by atoms with E-state index in [0.29, 0.717) is 5.92 Å². The highest BCUT2D eigenvalue weighted by atomic mass is 32.1. The smallest absolute Gasteiger partial charge is 0.245 e. The van der Waals surface area contributed by atoms with Gasteiger partial charge in [0.1, 0.15) is 11.9 Å². The number of fused-ring (bicyclic) bond motifs is 2. The van der Waals surface area contributed by atoms with Gasteiger partial charge in [-0.15, -0.1) is 11.3 Å². The van der Waals surface area contributed by atoms with E-state index in [1.807, 2.05) is 33.9 Å². The Balaban J connectivity index is 1.47. The molecule has 140 valence electrons. The number of aromatic nitrogens is 2. The number of carbonyl (C=O) groups excluding carboxylic acids is 1. The normalized spacial score (nSPS) is 20.4. The van der Waals surface area contributed by atoms with E-state index in [4.69, 9.17) is 4.74 Å². The van der Waals surface area contributed by atoms with Crippen molar-refractivity contribution in [3.63, 3.8) is 0 Å². The first kappa shape index (κ1) is 17.7. The van der Waals surface area contributed by atoms with Gasteiger partial charge in [-0.05, 0) is 36.8 Å². The number of ether oxygens (including phenoxy) is 1. The summed E-state index contributed by atoms with van der Waals surface area (Å²) in [5.41, 5.74) is 1.19. The third kappa shape index (κ3) is 2.89. The predicted molar refractivity (Wildman–Crippen MR) is 102 cm³/mol. The highest BCUT2D eigenvalue weighted by Crippen LogP contribution is 2.43. The van der Waals surface area contributed by atoms with Crippen molar-refractivity contribution in [2.75, 3.05) is 19.7 Å². The molecule has 2 aromatic rings. The molecule has 0 aromatic carbocycles. The van der Waals surface area contributed by atoms with Crippen LogP contribution in [0.4, 0.5) is 0 Å². The SMILES string of the molecule is CC(C)c1nccn1C(C)C(=O)N1CCC2(CC1)OCCc1sccc12. The van der Waals surface area contributed by atoms with E-state index in [2.05, 4.69) is 30.3 Å². The van der Waals surface area contributed by atoms with Crippen molar-refractivity contribution < 1.29 is 9.53 Å². The summed E-state index contributed by atoms with van der Waals surface area (Å²) in [4.78, 5) is 21.0. The van der Waals surface area contributed by atoms with Crippen LogP contribution in [0, 0.1) is 0 Å². The fourth-order valence-electron chi connectivity index (χ4n) is 4.34. The van der Waals surface area contributed by atoms with Crippen LogP contribution in [0.2, 0.25) is 0 Å². The molecule has 1 atom stereocenters. The molecule has 4 heterocycles. The first-order chi connectivity index (χ1) is 12.5. The van der Waals surface area contributed by atoms with Crippen molar-refractivity contribution in [1.82, 2.24) is 14.5 Å². The predicted octanol–water partition coefficient (Wildman–Crippen LogP) is 3.72. The average Bonchev–Trinajstić information content (AvgIpc) is 3.31. The van der Waals surface area contributed by atoms with Gasteiger partial charge in [-0.2, -0.15) is 0 Å². The molecule has 1 amide bonds. The summed E-state index contributed by atoms with van der Waals surface area (Å²) in [6, 6.07) is 2.01. The van der Waals surface area contributed by atoms with E-state index in [1.165, 1.54) is 10.4 Å². The van der Waals surface area contributed by atoms with Crippen LogP contribution in [-0.4, -0.2) is 40.1 Å². The molecule has 6 heteroatoms. The summed E-state index contributed by atoms with van der Waals surface area (Å²) < 4.78 is 8.28. The second-order valence-electron chi connectivity index (χ2n) is 7.70. The lowest BCUT2D eigenvalue weighted by Gasteiger charge is -2.44. The van der Waals surface area contributed by atoms with Crippen molar-refractivity contribution in [3.05, 3.63) is 40.1 Å². The Morgan fingerprint density at radius 3 is 2.81 bits per heavy atom. The second-order valence-corrected chi connectivity index (χ2v) is 8.70. The summed E-state index contributed by atoms with van der Waals surface area (Å²) in [5, 5.41) is 2.17. The molecular formula is C20H27N3O2S. The van der Waals surface area contributed by atoms with Crippen LogP contribution in [0.25, 0.3) is 0 Å². The standard InChI is InChI=1S/C20H27N3O2S/c1-14(2)18-21-8-11-23(18)15(3)19(24)22-9-6-20(7-10-22)16-5-13-26-17(16)4-12-25-20/h5,8,11,13-15H,4,6-7,9-10,12H2,1-3H3. The molecular weight excluding hydrogens is 346 g/mol. The first-order valence-electron chi connectivity index (χ1n) is 9.54. The number of nitrogens with zero attached hydrogens (tertiary/aromatic N) is 3. The van der Waals surface area contributed by atoms with Gasteiger partial charge in [0.2, 0.25) is 5.91 Å². The van der Waals surface area contributed by atoms with E-state index in [1.54, 1.807) is 6.20 Å². The zero-order chi connectivity index (χ0) is 18.3. The minimum atomic E-state index is -0.215. The Kier molecular flexibility index (Phi) is 4.65. The monoisotopic (exact) mass is 373 g/mol. The van der Waals surface area contributed by atoms with E-state index < -0.39 is 0 Å². The minimum Gasteiger partial charge on any atom is -0.370 e. The van der Waals surface area contributed by atoms with Gasteiger partial charge in [0.15, 0.2) is 0 Å². The van der Waals surface area contributed by atoms with Crippen LogP contribution in [0.5, 0.6) is 0 Å². The third-order valence-corrected chi connectivity index (χ3v) is 6.80. The fraction of sp³-hybridized carbons (Fsp3) is 0.600. The van der Waals surface area contributed by atoms with Gasteiger partial charge in [-0.3, -0.25) is 4.79 Å². The second kappa shape index (κ2) is 6.82. The Morgan fingerprint density at radius 1 is 1.31 bits per heavy atom. The third-order valence-electron chi connectivity index (χ3n) is 5.82. The van der Waals surface area contributed by atoms with Crippen LogP contribution in [0.3, 0.4) is 0 Å². The van der Waals surface area contributed by atoms with Crippen molar-refractivity contribution in [3.8, 4) is 0 Å². The molecule has 2 aliphatic rings. The van der Waals surface area contributed by atoms with E-state index >= 15 is 0 Å².